The van der Waals surface area contributed by atoms with Gasteiger partial charge in [-0.3, -0.25) is 5.32 Å². The molecule has 2 nitrogen and oxygen atoms in total. The van der Waals surface area contributed by atoms with Gasteiger partial charge in [0, 0.05) is 6.54 Å². The summed E-state index contributed by atoms with van der Waals surface area (Å²) in [6.45, 7) is 1.06. The summed E-state index contributed by atoms with van der Waals surface area (Å²) in [5.41, 5.74) is 0. The van der Waals surface area contributed by atoms with Crippen LogP contribution in [0.1, 0.15) is 1.37 Å². The van der Waals surface area contributed by atoms with Crippen molar-refractivity contribution in [1.82, 2.24) is 5.32 Å². The highest BCUT2D eigenvalue weighted by Crippen LogP contribution is 1.75. The minimum absolute atomic E-state index is 0.454. The second kappa shape index (κ2) is 1.38. The molecule has 0 bridgehead atoms. The summed E-state index contributed by atoms with van der Waals surface area (Å²) in [5, 5.41) is 2.76. The first-order chi connectivity index (χ1) is 2.89. The fraction of sp³-hybridized carbons (Fsp3) is 1.00. The lowest BCUT2D eigenvalue weighted by molar-refractivity contribution is 0.194. The summed E-state index contributed by atoms with van der Waals surface area (Å²) in [6, 6.07) is 0. The molecule has 30 valence electrons. The number of rotatable bonds is 0. The third-order valence-corrected chi connectivity index (χ3v) is 0.531. The smallest absolute Gasteiger partial charge is 0.0966 e. The maximum atomic E-state index is 6.80. The topological polar surface area (TPSA) is 21.3 Å². The van der Waals surface area contributed by atoms with Crippen LogP contribution in [-0.2, 0) is 4.74 Å². The van der Waals surface area contributed by atoms with Crippen LogP contribution in [0, 0.1) is 0 Å². The minimum Gasteiger partial charge on any atom is -0.365 e. The molecule has 0 aromatic rings. The molecule has 0 radical (unpaired) electrons. The molecule has 1 aliphatic rings. The quantitative estimate of drug-likeness (QED) is 0.420. The lowest BCUT2D eigenvalue weighted by Crippen LogP contribution is -2.05. The van der Waals surface area contributed by atoms with Crippen LogP contribution in [0.2, 0.25) is 0 Å². The third-order valence-electron chi connectivity index (χ3n) is 0.531. The highest BCUT2D eigenvalue weighted by atomic mass is 16.5. The summed E-state index contributed by atoms with van der Waals surface area (Å²) in [5.74, 6) is 0. The number of hydrogen-bond donors (Lipinski definition) is 1. The lowest BCUT2D eigenvalue weighted by atomic mass is 10.7. The summed E-state index contributed by atoms with van der Waals surface area (Å²) in [4.78, 5) is 0. The molecular formula is C3H7NO. The van der Waals surface area contributed by atoms with Crippen molar-refractivity contribution < 1.29 is 6.11 Å². The lowest BCUT2D eigenvalue weighted by Gasteiger charge is -1.76. The van der Waals surface area contributed by atoms with Gasteiger partial charge in [0.2, 0.25) is 0 Å². The second-order valence-electron chi connectivity index (χ2n) is 0.943. The number of hydrogen-bond acceptors (Lipinski definition) is 2. The third kappa shape index (κ3) is 0.597. The highest BCUT2D eigenvalue weighted by Gasteiger charge is 1.92. The summed E-state index contributed by atoms with van der Waals surface area (Å²) >= 11 is 0. The van der Waals surface area contributed by atoms with Gasteiger partial charge in [0.05, 0.1) is 14.7 Å². The Bertz CT molecular complexity index is 44.1. The van der Waals surface area contributed by atoms with E-state index in [1.807, 2.05) is 0 Å². The van der Waals surface area contributed by atoms with Crippen molar-refractivity contribution in [3.8, 4) is 0 Å². The molecule has 0 aromatic carbocycles. The first-order valence-corrected chi connectivity index (χ1v) is 1.67. The van der Waals surface area contributed by atoms with Crippen LogP contribution in [0.4, 0.5) is 0 Å². The van der Waals surface area contributed by atoms with E-state index in [2.05, 4.69) is 5.32 Å². The molecule has 0 aliphatic carbocycles. The van der Waals surface area contributed by atoms with Gasteiger partial charge in [0.25, 0.3) is 0 Å². The zero-order valence-corrected chi connectivity index (χ0v) is 2.90. The number of nitrogens with one attached hydrogen (secondary N) is 1. The van der Waals surface area contributed by atoms with Crippen molar-refractivity contribution in [2.24, 2.45) is 0 Å². The van der Waals surface area contributed by atoms with Gasteiger partial charge in [-0.25, -0.2) is 0 Å². The molecule has 1 rings (SSSR count). The summed E-state index contributed by atoms with van der Waals surface area (Å²) in [7, 11) is 0. The Hall–Kier alpha value is -0.0800. The van der Waals surface area contributed by atoms with Crippen LogP contribution >= 0.6 is 0 Å². The van der Waals surface area contributed by atoms with Crippen LogP contribution in [0.5, 0.6) is 0 Å². The van der Waals surface area contributed by atoms with Crippen molar-refractivity contribution in [3.63, 3.8) is 0 Å². The van der Waals surface area contributed by atoms with Crippen molar-refractivity contribution in [2.45, 2.75) is 0 Å². The normalized spacial score (nSPS) is 41.6. The molecular weight excluding hydrogens is 66.0 g/mol. The molecule has 5 heavy (non-hydrogen) atoms. The SMILES string of the molecule is [2H]C1NCCO1. The van der Waals surface area contributed by atoms with E-state index in [0.717, 1.165) is 6.54 Å². The van der Waals surface area contributed by atoms with E-state index in [4.69, 9.17) is 6.11 Å². The molecule has 1 unspecified atom stereocenters. The molecule has 1 heterocycles. The monoisotopic (exact) mass is 74.1 g/mol. The minimum atomic E-state index is -0.454. The van der Waals surface area contributed by atoms with Gasteiger partial charge < -0.3 is 4.74 Å². The fourth-order valence-corrected chi connectivity index (χ4v) is 0.295. The Labute approximate surface area is 32.5 Å². The highest BCUT2D eigenvalue weighted by molar-refractivity contribution is 4.43. The molecule has 0 amide bonds. The Balaban J connectivity index is 2.18. The molecule has 0 aromatic heterocycles. The zero-order chi connectivity index (χ0) is 4.41. The van der Waals surface area contributed by atoms with Crippen LogP contribution in [0.3, 0.4) is 0 Å². The van der Waals surface area contributed by atoms with Crippen LogP contribution in [0.25, 0.3) is 0 Å². The molecule has 0 saturated carbocycles. The average molecular weight is 74.1 g/mol. The summed E-state index contributed by atoms with van der Waals surface area (Å²) < 4.78 is 11.5. The van der Waals surface area contributed by atoms with Crippen LogP contribution < -0.4 is 5.32 Å². The van der Waals surface area contributed by atoms with Gasteiger partial charge in [-0.2, -0.15) is 0 Å². The standard InChI is InChI=1S/C3H7NO/c1-2-5-3-4-1/h4H,1-3H2/i3D. The van der Waals surface area contributed by atoms with E-state index in [-0.39, 0.29) is 0 Å². The molecule has 1 atom stereocenters. The molecule has 0 spiro atoms. The molecule has 1 saturated heterocycles. The van der Waals surface area contributed by atoms with Gasteiger partial charge in [0.1, 0.15) is 0 Å². The molecule has 1 aliphatic heterocycles. The predicted molar refractivity (Wildman–Crippen MR) is 18.8 cm³/mol. The van der Waals surface area contributed by atoms with E-state index >= 15 is 0 Å². The molecule has 1 fully saturated rings. The maximum absolute atomic E-state index is 6.80. The van der Waals surface area contributed by atoms with E-state index in [0.29, 0.717) is 6.61 Å². The van der Waals surface area contributed by atoms with Gasteiger partial charge in [-0.05, 0) is 0 Å². The Morgan fingerprint density at radius 1 is 2.00 bits per heavy atom. The van der Waals surface area contributed by atoms with Crippen molar-refractivity contribution in [2.75, 3.05) is 19.9 Å². The van der Waals surface area contributed by atoms with E-state index in [9.17, 15) is 0 Å². The Morgan fingerprint density at radius 2 is 3.00 bits per heavy atom. The van der Waals surface area contributed by atoms with E-state index in [1.54, 1.807) is 0 Å². The average Bonchev–Trinajstić information content (AvgIpc) is 1.86. The zero-order valence-electron chi connectivity index (χ0n) is 3.90. The largest absolute Gasteiger partial charge is 0.365 e. The van der Waals surface area contributed by atoms with Gasteiger partial charge in [0.15, 0.2) is 0 Å². The van der Waals surface area contributed by atoms with Gasteiger partial charge in [-0.1, -0.05) is 0 Å². The van der Waals surface area contributed by atoms with E-state index in [1.165, 1.54) is 0 Å². The predicted octanol–water partition coefficient (Wildman–Crippen LogP) is -0.436. The second-order valence-corrected chi connectivity index (χ2v) is 0.943. The Morgan fingerprint density at radius 3 is 3.20 bits per heavy atom. The molecule has 2 heteroatoms. The first-order valence-electron chi connectivity index (χ1n) is 2.24. The van der Waals surface area contributed by atoms with Gasteiger partial charge >= 0.3 is 0 Å². The van der Waals surface area contributed by atoms with Crippen molar-refractivity contribution >= 4 is 0 Å². The van der Waals surface area contributed by atoms with E-state index < -0.39 is 6.71 Å². The number of ether oxygens (including phenoxy) is 1. The van der Waals surface area contributed by atoms with Crippen LogP contribution in [0.15, 0.2) is 0 Å². The summed E-state index contributed by atoms with van der Waals surface area (Å²) in [6.07, 6.45) is 0. The fourth-order valence-electron chi connectivity index (χ4n) is 0.295. The van der Waals surface area contributed by atoms with Gasteiger partial charge in [-0.15, -0.1) is 0 Å². The van der Waals surface area contributed by atoms with Crippen molar-refractivity contribution in [1.29, 1.82) is 0 Å². The Kier molecular flexibility index (Phi) is 0.596. The first kappa shape index (κ1) is 2.16. The van der Waals surface area contributed by atoms with Crippen molar-refractivity contribution in [3.05, 3.63) is 0 Å². The maximum Gasteiger partial charge on any atom is 0.0966 e. The molecule has 1 N–H and O–H groups in total. The van der Waals surface area contributed by atoms with Crippen LogP contribution in [-0.4, -0.2) is 19.9 Å².